The highest BCUT2D eigenvalue weighted by Crippen LogP contribution is 2.21. The number of aryl methyl sites for hydroxylation is 1. The molecule has 5 rings (SSSR count). The van der Waals surface area contributed by atoms with E-state index in [-0.39, 0.29) is 5.91 Å². The third kappa shape index (κ3) is 3.89. The number of anilines is 1. The molecule has 9 heteroatoms. The van der Waals surface area contributed by atoms with Crippen LogP contribution in [0.5, 0.6) is 0 Å². The summed E-state index contributed by atoms with van der Waals surface area (Å²) in [5, 5.41) is 3.97. The van der Waals surface area contributed by atoms with Crippen molar-refractivity contribution in [3.05, 3.63) is 72.7 Å². The SMILES string of the molecule is Cc1nc(N2CCN(C(=O)c3cc(-c4cccnc4)on3)CC2)cc(-n2cccc2)n1. The van der Waals surface area contributed by atoms with Gasteiger partial charge in [-0.3, -0.25) is 9.78 Å². The van der Waals surface area contributed by atoms with Gasteiger partial charge in [-0.25, -0.2) is 9.97 Å². The summed E-state index contributed by atoms with van der Waals surface area (Å²) in [6.07, 6.45) is 7.28. The van der Waals surface area contributed by atoms with Gasteiger partial charge in [-0.05, 0) is 31.2 Å². The summed E-state index contributed by atoms with van der Waals surface area (Å²) in [6, 6.07) is 11.3. The molecule has 1 aliphatic rings. The first-order valence-corrected chi connectivity index (χ1v) is 10.1. The van der Waals surface area contributed by atoms with Crippen molar-refractivity contribution < 1.29 is 9.32 Å². The number of hydrogen-bond acceptors (Lipinski definition) is 7. The van der Waals surface area contributed by atoms with Gasteiger partial charge in [-0.15, -0.1) is 0 Å². The van der Waals surface area contributed by atoms with E-state index in [0.717, 1.165) is 17.2 Å². The molecule has 4 aromatic heterocycles. The minimum atomic E-state index is -0.134. The monoisotopic (exact) mass is 415 g/mol. The second-order valence-electron chi connectivity index (χ2n) is 7.32. The van der Waals surface area contributed by atoms with Crippen LogP contribution < -0.4 is 4.90 Å². The van der Waals surface area contributed by atoms with E-state index in [9.17, 15) is 4.79 Å². The normalized spacial score (nSPS) is 14.1. The molecule has 0 N–H and O–H groups in total. The van der Waals surface area contributed by atoms with Crippen molar-refractivity contribution in [2.24, 2.45) is 0 Å². The number of carbonyl (C=O) groups excluding carboxylic acids is 1. The Hall–Kier alpha value is -4.01. The van der Waals surface area contributed by atoms with E-state index in [2.05, 4.69) is 25.0 Å². The van der Waals surface area contributed by atoms with Gasteiger partial charge in [0, 0.05) is 68.7 Å². The number of hydrogen-bond donors (Lipinski definition) is 0. The molecule has 0 spiro atoms. The Labute approximate surface area is 179 Å². The van der Waals surface area contributed by atoms with Gasteiger partial charge in [0.2, 0.25) is 0 Å². The van der Waals surface area contributed by atoms with E-state index in [4.69, 9.17) is 4.52 Å². The number of carbonyl (C=O) groups is 1. The first-order valence-electron chi connectivity index (χ1n) is 10.1. The zero-order chi connectivity index (χ0) is 21.2. The van der Waals surface area contributed by atoms with E-state index >= 15 is 0 Å². The molecule has 1 saturated heterocycles. The molecule has 1 amide bonds. The van der Waals surface area contributed by atoms with Gasteiger partial charge in [0.15, 0.2) is 11.5 Å². The fourth-order valence-corrected chi connectivity index (χ4v) is 3.64. The Morgan fingerprint density at radius 3 is 2.52 bits per heavy atom. The maximum Gasteiger partial charge on any atom is 0.276 e. The Balaban J connectivity index is 1.27. The van der Waals surface area contributed by atoms with Crippen LogP contribution >= 0.6 is 0 Å². The first kappa shape index (κ1) is 19.0. The highest BCUT2D eigenvalue weighted by molar-refractivity contribution is 5.93. The van der Waals surface area contributed by atoms with Gasteiger partial charge in [-0.2, -0.15) is 0 Å². The maximum absolute atomic E-state index is 12.9. The highest BCUT2D eigenvalue weighted by Gasteiger charge is 2.26. The van der Waals surface area contributed by atoms with E-state index in [0.29, 0.717) is 43.5 Å². The first-order chi connectivity index (χ1) is 15.2. The van der Waals surface area contributed by atoms with Gasteiger partial charge in [0.05, 0.1) is 0 Å². The third-order valence-electron chi connectivity index (χ3n) is 5.25. The average molecular weight is 415 g/mol. The Kier molecular flexibility index (Phi) is 4.91. The largest absolute Gasteiger partial charge is 0.355 e. The fraction of sp³-hybridized carbons (Fsp3) is 0.227. The summed E-state index contributed by atoms with van der Waals surface area (Å²) in [7, 11) is 0. The van der Waals surface area contributed by atoms with Gasteiger partial charge < -0.3 is 18.9 Å². The molecule has 31 heavy (non-hydrogen) atoms. The van der Waals surface area contributed by atoms with Crippen molar-refractivity contribution in [3.63, 3.8) is 0 Å². The van der Waals surface area contributed by atoms with Crippen LogP contribution in [0.1, 0.15) is 16.3 Å². The van der Waals surface area contributed by atoms with Crippen molar-refractivity contribution in [1.29, 1.82) is 0 Å². The minimum Gasteiger partial charge on any atom is -0.355 e. The summed E-state index contributed by atoms with van der Waals surface area (Å²) < 4.78 is 7.31. The van der Waals surface area contributed by atoms with Gasteiger partial charge in [-0.1, -0.05) is 5.16 Å². The predicted octanol–water partition coefficient (Wildman–Crippen LogP) is 2.59. The smallest absolute Gasteiger partial charge is 0.276 e. The molecule has 1 fully saturated rings. The van der Waals surface area contributed by atoms with Crippen molar-refractivity contribution in [1.82, 2.24) is 29.6 Å². The molecular formula is C22H21N7O2. The molecule has 0 aliphatic carbocycles. The molecule has 156 valence electrons. The van der Waals surface area contributed by atoms with Gasteiger partial charge >= 0.3 is 0 Å². The number of aromatic nitrogens is 5. The zero-order valence-electron chi connectivity index (χ0n) is 17.0. The number of amides is 1. The second kappa shape index (κ2) is 8.02. The lowest BCUT2D eigenvalue weighted by Gasteiger charge is -2.35. The lowest BCUT2D eigenvalue weighted by atomic mass is 10.2. The third-order valence-corrected chi connectivity index (χ3v) is 5.25. The van der Waals surface area contributed by atoms with E-state index in [1.54, 1.807) is 23.4 Å². The molecule has 5 heterocycles. The molecule has 0 unspecified atom stereocenters. The van der Waals surface area contributed by atoms with E-state index in [1.165, 1.54) is 0 Å². The molecular weight excluding hydrogens is 394 g/mol. The van der Waals surface area contributed by atoms with Crippen LogP contribution in [0.4, 0.5) is 5.82 Å². The summed E-state index contributed by atoms with van der Waals surface area (Å²) in [5.74, 6) is 2.81. The average Bonchev–Trinajstić information content (AvgIpc) is 3.52. The molecule has 1 aliphatic heterocycles. The number of rotatable bonds is 4. The van der Waals surface area contributed by atoms with Crippen LogP contribution in [-0.4, -0.2) is 61.7 Å². The Morgan fingerprint density at radius 1 is 1.00 bits per heavy atom. The molecule has 9 nitrogen and oxygen atoms in total. The molecule has 0 aromatic carbocycles. The van der Waals surface area contributed by atoms with Crippen LogP contribution in [0.15, 0.2) is 65.7 Å². The highest BCUT2D eigenvalue weighted by atomic mass is 16.5. The predicted molar refractivity (Wildman–Crippen MR) is 114 cm³/mol. The van der Waals surface area contributed by atoms with Gasteiger partial charge in [0.25, 0.3) is 5.91 Å². The quantitative estimate of drug-likeness (QED) is 0.506. The lowest BCUT2D eigenvalue weighted by molar-refractivity contribution is 0.0736. The fourth-order valence-electron chi connectivity index (χ4n) is 3.64. The van der Waals surface area contributed by atoms with Crippen molar-refractivity contribution >= 4 is 11.7 Å². The topological polar surface area (TPSA) is 93.2 Å². The molecule has 0 radical (unpaired) electrons. The maximum atomic E-state index is 12.9. The van der Waals surface area contributed by atoms with E-state index < -0.39 is 0 Å². The minimum absolute atomic E-state index is 0.134. The van der Waals surface area contributed by atoms with Crippen molar-refractivity contribution in [2.45, 2.75) is 6.92 Å². The molecule has 0 atom stereocenters. The summed E-state index contributed by atoms with van der Waals surface area (Å²) >= 11 is 0. The lowest BCUT2D eigenvalue weighted by Crippen LogP contribution is -2.49. The van der Waals surface area contributed by atoms with Crippen molar-refractivity contribution in [3.8, 4) is 17.1 Å². The number of pyridine rings is 1. The van der Waals surface area contributed by atoms with Crippen LogP contribution in [0.3, 0.4) is 0 Å². The van der Waals surface area contributed by atoms with Crippen LogP contribution in [0.25, 0.3) is 17.1 Å². The standard InChI is InChI=1S/C22H21N7O2/c1-16-24-20(27-7-2-3-8-27)14-21(25-16)28-9-11-29(12-10-28)22(30)18-13-19(31-26-18)17-5-4-6-23-15-17/h2-8,13-15H,9-12H2,1H3. The van der Waals surface area contributed by atoms with Crippen molar-refractivity contribution in [2.75, 3.05) is 31.1 Å². The summed E-state index contributed by atoms with van der Waals surface area (Å²) in [5.41, 5.74) is 1.09. The second-order valence-corrected chi connectivity index (χ2v) is 7.32. The van der Waals surface area contributed by atoms with E-state index in [1.807, 2.05) is 54.2 Å². The van der Waals surface area contributed by atoms with Gasteiger partial charge in [0.1, 0.15) is 17.5 Å². The molecule has 0 bridgehead atoms. The molecule has 0 saturated carbocycles. The number of nitrogens with zero attached hydrogens (tertiary/aromatic N) is 7. The van der Waals surface area contributed by atoms with Crippen LogP contribution in [0.2, 0.25) is 0 Å². The van der Waals surface area contributed by atoms with Crippen LogP contribution in [-0.2, 0) is 0 Å². The zero-order valence-corrected chi connectivity index (χ0v) is 17.0. The summed E-state index contributed by atoms with van der Waals surface area (Å²) in [4.78, 5) is 30.0. The van der Waals surface area contributed by atoms with Crippen LogP contribution in [0, 0.1) is 6.92 Å². The Bertz CT molecular complexity index is 1180. The number of piperazine rings is 1. The molecule has 4 aromatic rings. The Morgan fingerprint density at radius 2 is 1.77 bits per heavy atom. The summed E-state index contributed by atoms with van der Waals surface area (Å²) in [6.45, 7) is 4.41.